The second-order valence-electron chi connectivity index (χ2n) is 4.64. The van der Waals surface area contributed by atoms with Crippen LogP contribution in [0.25, 0.3) is 6.08 Å². The van der Waals surface area contributed by atoms with Gasteiger partial charge in [-0.3, -0.25) is 0 Å². The summed E-state index contributed by atoms with van der Waals surface area (Å²) >= 11 is 0. The van der Waals surface area contributed by atoms with Crippen molar-refractivity contribution < 1.29 is 18.3 Å². The maximum absolute atomic E-state index is 12.4. The van der Waals surface area contributed by atoms with Crippen LogP contribution >= 0.6 is 0 Å². The molecule has 0 amide bonds. The Hall–Kier alpha value is -1.29. The quantitative estimate of drug-likeness (QED) is 0.851. The van der Waals surface area contributed by atoms with E-state index in [1.54, 1.807) is 6.08 Å². The van der Waals surface area contributed by atoms with Gasteiger partial charge in [-0.15, -0.1) is 0 Å². The van der Waals surface area contributed by atoms with Crippen molar-refractivity contribution in [3.8, 4) is 0 Å². The highest BCUT2D eigenvalue weighted by Crippen LogP contribution is 2.30. The van der Waals surface area contributed by atoms with E-state index in [0.717, 1.165) is 37.0 Å². The van der Waals surface area contributed by atoms with Crippen molar-refractivity contribution in [3.05, 3.63) is 41.5 Å². The fourth-order valence-electron chi connectivity index (χ4n) is 2.21. The minimum atomic E-state index is -4.29. The van der Waals surface area contributed by atoms with Crippen LogP contribution in [0.2, 0.25) is 0 Å². The first-order valence-corrected chi connectivity index (χ1v) is 6.00. The predicted octanol–water partition coefficient (Wildman–Crippen LogP) is 3.88. The molecule has 2 atom stereocenters. The third kappa shape index (κ3) is 3.13. The molecular weight excluding hydrogens is 241 g/mol. The molecule has 4 heteroatoms. The van der Waals surface area contributed by atoms with E-state index in [1.807, 2.05) is 6.08 Å². The normalized spacial score (nSPS) is 24.9. The Morgan fingerprint density at radius 1 is 1.11 bits per heavy atom. The van der Waals surface area contributed by atoms with Gasteiger partial charge in [0.1, 0.15) is 0 Å². The van der Waals surface area contributed by atoms with Gasteiger partial charge in [0.05, 0.1) is 11.7 Å². The maximum atomic E-state index is 12.4. The molecule has 0 aliphatic heterocycles. The summed E-state index contributed by atoms with van der Waals surface area (Å²) in [4.78, 5) is 0. The van der Waals surface area contributed by atoms with Gasteiger partial charge in [-0.05, 0) is 30.5 Å². The van der Waals surface area contributed by atoms with Crippen LogP contribution in [0.15, 0.2) is 30.3 Å². The van der Waals surface area contributed by atoms with Crippen LogP contribution < -0.4 is 0 Å². The molecule has 1 aliphatic carbocycles. The van der Waals surface area contributed by atoms with E-state index < -0.39 is 11.7 Å². The first kappa shape index (κ1) is 13.1. The molecule has 1 aromatic carbocycles. The van der Waals surface area contributed by atoms with E-state index >= 15 is 0 Å². The summed E-state index contributed by atoms with van der Waals surface area (Å²) in [6.45, 7) is 0. The lowest BCUT2D eigenvalue weighted by Gasteiger charge is -2.09. The summed E-state index contributed by atoms with van der Waals surface area (Å²) in [5.41, 5.74) is 0.0858. The van der Waals surface area contributed by atoms with Crippen molar-refractivity contribution in [1.29, 1.82) is 0 Å². The number of rotatable bonds is 2. The predicted molar refractivity (Wildman–Crippen MR) is 63.8 cm³/mol. The standard InChI is InChI=1S/C14H15F3O/c15-14(16,17)12-8-5-10(6-9-12)4-7-11-2-1-3-13(11)18/h4-9,11,13,18H,1-3H2/b7-4-/t11-,13+/m0/s1. The molecule has 1 N–H and O–H groups in total. The zero-order valence-corrected chi connectivity index (χ0v) is 9.82. The zero-order chi connectivity index (χ0) is 13.2. The molecule has 98 valence electrons. The molecule has 0 spiro atoms. The van der Waals surface area contributed by atoms with Crippen LogP contribution in [0.4, 0.5) is 13.2 Å². The molecule has 1 saturated carbocycles. The smallest absolute Gasteiger partial charge is 0.393 e. The number of aliphatic hydroxyl groups excluding tert-OH is 1. The Morgan fingerprint density at radius 2 is 1.78 bits per heavy atom. The third-order valence-electron chi connectivity index (χ3n) is 3.31. The van der Waals surface area contributed by atoms with E-state index in [-0.39, 0.29) is 12.0 Å². The largest absolute Gasteiger partial charge is 0.416 e. The Labute approximate surface area is 104 Å². The van der Waals surface area contributed by atoms with Crippen molar-refractivity contribution in [2.24, 2.45) is 5.92 Å². The van der Waals surface area contributed by atoms with E-state index in [9.17, 15) is 18.3 Å². The highest BCUT2D eigenvalue weighted by Gasteiger charge is 2.29. The van der Waals surface area contributed by atoms with E-state index in [1.165, 1.54) is 12.1 Å². The van der Waals surface area contributed by atoms with Gasteiger partial charge in [-0.2, -0.15) is 13.2 Å². The lowest BCUT2D eigenvalue weighted by molar-refractivity contribution is -0.137. The molecule has 1 fully saturated rings. The van der Waals surface area contributed by atoms with Gasteiger partial charge in [0.2, 0.25) is 0 Å². The number of hydrogen-bond acceptors (Lipinski definition) is 1. The molecule has 2 rings (SSSR count). The summed E-state index contributed by atoms with van der Waals surface area (Å²) in [7, 11) is 0. The van der Waals surface area contributed by atoms with Crippen molar-refractivity contribution in [2.75, 3.05) is 0 Å². The minimum Gasteiger partial charge on any atom is -0.393 e. The van der Waals surface area contributed by atoms with Gasteiger partial charge in [-0.25, -0.2) is 0 Å². The summed E-state index contributed by atoms with van der Waals surface area (Å²) in [5, 5.41) is 9.62. The molecule has 0 unspecified atom stereocenters. The third-order valence-corrected chi connectivity index (χ3v) is 3.31. The highest BCUT2D eigenvalue weighted by atomic mass is 19.4. The minimum absolute atomic E-state index is 0.132. The maximum Gasteiger partial charge on any atom is 0.416 e. The van der Waals surface area contributed by atoms with Crippen LogP contribution in [0.1, 0.15) is 30.4 Å². The highest BCUT2D eigenvalue weighted by molar-refractivity contribution is 5.50. The van der Waals surface area contributed by atoms with Crippen molar-refractivity contribution in [3.63, 3.8) is 0 Å². The SMILES string of the molecule is O[C@@H]1CCC[C@H]1/C=C\c1ccc(C(F)(F)F)cc1. The lowest BCUT2D eigenvalue weighted by Crippen LogP contribution is -2.09. The van der Waals surface area contributed by atoms with Crippen LogP contribution in [0, 0.1) is 5.92 Å². The van der Waals surface area contributed by atoms with Gasteiger partial charge in [0.15, 0.2) is 0 Å². The number of alkyl halides is 3. The summed E-state index contributed by atoms with van der Waals surface area (Å²) < 4.78 is 37.1. The average Bonchev–Trinajstić information content (AvgIpc) is 2.72. The molecule has 18 heavy (non-hydrogen) atoms. The van der Waals surface area contributed by atoms with E-state index in [0.29, 0.717) is 0 Å². The van der Waals surface area contributed by atoms with E-state index in [4.69, 9.17) is 0 Å². The Balaban J connectivity index is 2.04. The number of benzene rings is 1. The molecule has 0 saturated heterocycles. The van der Waals surface area contributed by atoms with Gasteiger partial charge >= 0.3 is 6.18 Å². The monoisotopic (exact) mass is 256 g/mol. The summed E-state index contributed by atoms with van der Waals surface area (Å²) in [6, 6.07) is 5.04. The average molecular weight is 256 g/mol. The summed E-state index contributed by atoms with van der Waals surface area (Å²) in [6.07, 6.45) is 1.82. The zero-order valence-electron chi connectivity index (χ0n) is 9.82. The van der Waals surface area contributed by atoms with Crippen LogP contribution in [0.3, 0.4) is 0 Å². The van der Waals surface area contributed by atoms with Gasteiger partial charge in [0, 0.05) is 5.92 Å². The van der Waals surface area contributed by atoms with Crippen LogP contribution in [-0.2, 0) is 6.18 Å². The van der Waals surface area contributed by atoms with E-state index in [2.05, 4.69) is 0 Å². The van der Waals surface area contributed by atoms with Crippen molar-refractivity contribution in [1.82, 2.24) is 0 Å². The van der Waals surface area contributed by atoms with Crippen molar-refractivity contribution in [2.45, 2.75) is 31.5 Å². The Bertz CT molecular complexity index is 420. The second kappa shape index (κ2) is 5.14. The molecule has 1 aliphatic rings. The fourth-order valence-corrected chi connectivity index (χ4v) is 2.21. The lowest BCUT2D eigenvalue weighted by atomic mass is 10.0. The molecular formula is C14H15F3O. The Morgan fingerprint density at radius 3 is 2.28 bits per heavy atom. The van der Waals surface area contributed by atoms with Gasteiger partial charge in [0.25, 0.3) is 0 Å². The molecule has 0 heterocycles. The molecule has 0 bridgehead atoms. The number of hydrogen-bond donors (Lipinski definition) is 1. The molecule has 1 aromatic rings. The van der Waals surface area contributed by atoms with Crippen LogP contribution in [-0.4, -0.2) is 11.2 Å². The molecule has 0 radical (unpaired) electrons. The Kier molecular flexibility index (Phi) is 3.76. The van der Waals surface area contributed by atoms with Gasteiger partial charge < -0.3 is 5.11 Å². The van der Waals surface area contributed by atoms with Crippen LogP contribution in [0.5, 0.6) is 0 Å². The van der Waals surface area contributed by atoms with Crippen molar-refractivity contribution >= 4 is 6.08 Å². The van der Waals surface area contributed by atoms with Gasteiger partial charge in [-0.1, -0.05) is 30.7 Å². The fraction of sp³-hybridized carbons (Fsp3) is 0.429. The topological polar surface area (TPSA) is 20.2 Å². The second-order valence-corrected chi connectivity index (χ2v) is 4.64. The summed E-state index contributed by atoms with van der Waals surface area (Å²) in [5.74, 6) is 0.132. The first-order chi connectivity index (χ1) is 8.47. The number of halogens is 3. The first-order valence-electron chi connectivity index (χ1n) is 6.00. The number of aliphatic hydroxyl groups is 1. The molecule has 0 aromatic heterocycles. The molecule has 1 nitrogen and oxygen atoms in total.